The van der Waals surface area contributed by atoms with Crippen LogP contribution < -0.4 is 17.2 Å². The first kappa shape index (κ1) is 9.83. The summed E-state index contributed by atoms with van der Waals surface area (Å²) in [5.74, 6) is 0. The fraction of sp³-hybridized carbons (Fsp3) is 0.333. The third-order valence-electron chi connectivity index (χ3n) is 1.94. The third kappa shape index (κ3) is 1.91. The highest BCUT2D eigenvalue weighted by molar-refractivity contribution is 5.64. The van der Waals surface area contributed by atoms with Crippen LogP contribution >= 0.6 is 0 Å². The zero-order valence-corrected chi connectivity index (χ0v) is 7.62. The predicted molar refractivity (Wildman–Crippen MR) is 54.0 cm³/mol. The van der Waals surface area contributed by atoms with Crippen molar-refractivity contribution in [3.8, 4) is 0 Å². The molecule has 0 aliphatic rings. The molecule has 1 aromatic carbocycles. The van der Waals surface area contributed by atoms with E-state index in [4.69, 9.17) is 17.2 Å². The van der Waals surface area contributed by atoms with E-state index >= 15 is 0 Å². The van der Waals surface area contributed by atoms with Crippen LogP contribution in [-0.2, 0) is 0 Å². The molecule has 1 atom stereocenters. The number of anilines is 2. The van der Waals surface area contributed by atoms with Gasteiger partial charge in [0.2, 0.25) is 0 Å². The van der Waals surface area contributed by atoms with Crippen LogP contribution in [0.3, 0.4) is 0 Å². The van der Waals surface area contributed by atoms with Gasteiger partial charge in [-0.15, -0.1) is 0 Å². The average Bonchev–Trinajstić information content (AvgIpc) is 2.02. The average molecular weight is 181 g/mol. The Kier molecular flexibility index (Phi) is 2.75. The lowest BCUT2D eigenvalue weighted by atomic mass is 10.0. The summed E-state index contributed by atoms with van der Waals surface area (Å²) in [6.07, 6.45) is -0.777. The molecule has 0 heterocycles. The van der Waals surface area contributed by atoms with E-state index in [1.54, 1.807) is 12.1 Å². The summed E-state index contributed by atoms with van der Waals surface area (Å²) in [5, 5.41) is 9.50. The molecule has 0 saturated carbocycles. The zero-order valence-electron chi connectivity index (χ0n) is 7.62. The molecule has 0 radical (unpaired) electrons. The standard InChI is InChI=1S/C9H15N3O/c1-5-2-6(11)9(7(12)3-5)8(13)4-10/h2-3,8,13H,4,10-12H2,1H3. The Morgan fingerprint density at radius 2 is 1.77 bits per heavy atom. The highest BCUT2D eigenvalue weighted by atomic mass is 16.3. The number of aryl methyl sites for hydroxylation is 1. The summed E-state index contributed by atoms with van der Waals surface area (Å²) >= 11 is 0. The number of benzene rings is 1. The molecule has 0 fully saturated rings. The van der Waals surface area contributed by atoms with Crippen molar-refractivity contribution in [2.45, 2.75) is 13.0 Å². The molecule has 7 N–H and O–H groups in total. The molecule has 1 aromatic rings. The van der Waals surface area contributed by atoms with Crippen LogP contribution in [0.1, 0.15) is 17.2 Å². The maximum Gasteiger partial charge on any atom is 0.0952 e. The quantitative estimate of drug-likeness (QED) is 0.488. The minimum absolute atomic E-state index is 0.122. The molecule has 0 aliphatic heterocycles. The smallest absolute Gasteiger partial charge is 0.0952 e. The normalized spacial score (nSPS) is 12.8. The number of hydrogen-bond acceptors (Lipinski definition) is 4. The lowest BCUT2D eigenvalue weighted by Crippen LogP contribution is -2.15. The van der Waals surface area contributed by atoms with Crippen LogP contribution in [0, 0.1) is 6.92 Å². The summed E-state index contributed by atoms with van der Waals surface area (Å²) < 4.78 is 0. The highest BCUT2D eigenvalue weighted by Gasteiger charge is 2.12. The highest BCUT2D eigenvalue weighted by Crippen LogP contribution is 2.27. The Hall–Kier alpha value is -1.26. The number of aliphatic hydroxyl groups is 1. The van der Waals surface area contributed by atoms with Crippen molar-refractivity contribution in [1.29, 1.82) is 0 Å². The van der Waals surface area contributed by atoms with E-state index in [9.17, 15) is 5.11 Å². The predicted octanol–water partition coefficient (Wildman–Crippen LogP) is 0.152. The van der Waals surface area contributed by atoms with E-state index in [0.717, 1.165) is 5.56 Å². The Morgan fingerprint density at radius 3 is 2.15 bits per heavy atom. The van der Waals surface area contributed by atoms with Gasteiger partial charge >= 0.3 is 0 Å². The lowest BCUT2D eigenvalue weighted by Gasteiger charge is -2.14. The summed E-state index contributed by atoms with van der Waals surface area (Å²) in [7, 11) is 0. The van der Waals surface area contributed by atoms with Crippen molar-refractivity contribution in [1.82, 2.24) is 0 Å². The molecule has 0 spiro atoms. The van der Waals surface area contributed by atoms with E-state index in [1.807, 2.05) is 6.92 Å². The summed E-state index contributed by atoms with van der Waals surface area (Å²) in [6.45, 7) is 2.02. The molecule has 0 aromatic heterocycles. The van der Waals surface area contributed by atoms with Gasteiger partial charge < -0.3 is 22.3 Å². The number of nitrogen functional groups attached to an aromatic ring is 2. The van der Waals surface area contributed by atoms with Gasteiger partial charge in [0.15, 0.2) is 0 Å². The lowest BCUT2D eigenvalue weighted by molar-refractivity contribution is 0.188. The molecule has 1 rings (SSSR count). The van der Waals surface area contributed by atoms with E-state index in [-0.39, 0.29) is 6.54 Å². The van der Waals surface area contributed by atoms with Gasteiger partial charge in [0.25, 0.3) is 0 Å². The van der Waals surface area contributed by atoms with Gasteiger partial charge in [0.1, 0.15) is 0 Å². The molecule has 0 saturated heterocycles. The number of aliphatic hydroxyl groups excluding tert-OH is 1. The molecule has 0 bridgehead atoms. The second-order valence-corrected chi connectivity index (χ2v) is 3.11. The molecule has 4 nitrogen and oxygen atoms in total. The van der Waals surface area contributed by atoms with Crippen molar-refractivity contribution >= 4 is 11.4 Å². The van der Waals surface area contributed by atoms with Crippen LogP contribution in [-0.4, -0.2) is 11.7 Å². The maximum atomic E-state index is 9.50. The Morgan fingerprint density at radius 1 is 1.31 bits per heavy atom. The van der Waals surface area contributed by atoms with Gasteiger partial charge in [0, 0.05) is 23.5 Å². The SMILES string of the molecule is Cc1cc(N)c(C(O)CN)c(N)c1. The first-order valence-electron chi connectivity index (χ1n) is 4.10. The first-order chi connectivity index (χ1) is 6.06. The van der Waals surface area contributed by atoms with Gasteiger partial charge in [-0.3, -0.25) is 0 Å². The minimum Gasteiger partial charge on any atom is -0.398 e. The van der Waals surface area contributed by atoms with E-state index in [0.29, 0.717) is 16.9 Å². The number of rotatable bonds is 2. The molecular weight excluding hydrogens is 166 g/mol. The van der Waals surface area contributed by atoms with E-state index in [1.165, 1.54) is 0 Å². The Labute approximate surface area is 77.3 Å². The maximum absolute atomic E-state index is 9.50. The van der Waals surface area contributed by atoms with Crippen LogP contribution in [0.4, 0.5) is 11.4 Å². The second kappa shape index (κ2) is 3.64. The van der Waals surface area contributed by atoms with Crippen molar-refractivity contribution in [3.05, 3.63) is 23.3 Å². The molecule has 0 aliphatic carbocycles. The van der Waals surface area contributed by atoms with Gasteiger partial charge in [-0.25, -0.2) is 0 Å². The molecular formula is C9H15N3O. The van der Waals surface area contributed by atoms with Gasteiger partial charge in [0.05, 0.1) is 6.10 Å². The zero-order chi connectivity index (χ0) is 10.0. The van der Waals surface area contributed by atoms with E-state index in [2.05, 4.69) is 0 Å². The third-order valence-corrected chi connectivity index (χ3v) is 1.94. The largest absolute Gasteiger partial charge is 0.398 e. The number of nitrogens with two attached hydrogens (primary N) is 3. The van der Waals surface area contributed by atoms with Crippen LogP contribution in [0.15, 0.2) is 12.1 Å². The minimum atomic E-state index is -0.777. The fourth-order valence-corrected chi connectivity index (χ4v) is 1.36. The molecule has 1 unspecified atom stereocenters. The van der Waals surface area contributed by atoms with Crippen LogP contribution in [0.5, 0.6) is 0 Å². The van der Waals surface area contributed by atoms with Gasteiger partial charge in [-0.1, -0.05) is 0 Å². The Bertz CT molecular complexity index is 289. The van der Waals surface area contributed by atoms with Gasteiger partial charge in [-0.2, -0.15) is 0 Å². The second-order valence-electron chi connectivity index (χ2n) is 3.11. The van der Waals surface area contributed by atoms with Crippen molar-refractivity contribution in [2.75, 3.05) is 18.0 Å². The molecule has 13 heavy (non-hydrogen) atoms. The van der Waals surface area contributed by atoms with Crippen LogP contribution in [0.2, 0.25) is 0 Å². The molecule has 0 amide bonds. The summed E-state index contributed by atoms with van der Waals surface area (Å²) in [5.41, 5.74) is 19.2. The first-order valence-corrected chi connectivity index (χ1v) is 4.10. The van der Waals surface area contributed by atoms with Crippen LogP contribution in [0.25, 0.3) is 0 Å². The van der Waals surface area contributed by atoms with E-state index < -0.39 is 6.10 Å². The topological polar surface area (TPSA) is 98.3 Å². The monoisotopic (exact) mass is 181 g/mol. The van der Waals surface area contributed by atoms with Gasteiger partial charge in [-0.05, 0) is 24.6 Å². The van der Waals surface area contributed by atoms with Crippen molar-refractivity contribution < 1.29 is 5.11 Å². The summed E-state index contributed by atoms with van der Waals surface area (Å²) in [4.78, 5) is 0. The Balaban J connectivity index is 3.20. The van der Waals surface area contributed by atoms with Crippen molar-refractivity contribution in [2.24, 2.45) is 5.73 Å². The fourth-order valence-electron chi connectivity index (χ4n) is 1.36. The van der Waals surface area contributed by atoms with Crippen molar-refractivity contribution in [3.63, 3.8) is 0 Å². The molecule has 72 valence electrons. The number of hydrogen-bond donors (Lipinski definition) is 4. The summed E-state index contributed by atoms with van der Waals surface area (Å²) in [6, 6.07) is 3.54. The molecule has 4 heteroatoms.